The zero-order valence-electron chi connectivity index (χ0n) is 21.2. The lowest BCUT2D eigenvalue weighted by Crippen LogP contribution is -2.52. The highest BCUT2D eigenvalue weighted by atomic mass is 32.2. The fourth-order valence-corrected chi connectivity index (χ4v) is 6.69. The molecule has 2 aliphatic heterocycles. The molecule has 0 saturated carbocycles. The summed E-state index contributed by atoms with van der Waals surface area (Å²) in [6.07, 6.45) is 4.14. The zero-order chi connectivity index (χ0) is 24.2. The SMILES string of the molecule is CCCn1nc(C(=O)N2CCSCC2)c2c1CC[C@H](N1CCN(c3ccccc3OCC)CC1)C2. The summed E-state index contributed by atoms with van der Waals surface area (Å²) < 4.78 is 8.02. The number of ether oxygens (including phenoxy) is 1. The molecule has 1 aliphatic carbocycles. The Kier molecular flexibility index (Phi) is 7.88. The first-order valence-electron chi connectivity index (χ1n) is 13.4. The molecular formula is C27H39N5O2S. The lowest BCUT2D eigenvalue weighted by atomic mass is 9.89. The van der Waals surface area contributed by atoms with Gasteiger partial charge in [-0.3, -0.25) is 14.4 Å². The van der Waals surface area contributed by atoms with Crippen molar-refractivity contribution >= 4 is 23.4 Å². The first-order chi connectivity index (χ1) is 17.2. The fourth-order valence-electron chi connectivity index (χ4n) is 5.79. The van der Waals surface area contributed by atoms with E-state index in [1.807, 2.05) is 29.7 Å². The van der Waals surface area contributed by atoms with Crippen molar-refractivity contribution in [1.29, 1.82) is 0 Å². The van der Waals surface area contributed by atoms with Gasteiger partial charge < -0.3 is 14.5 Å². The predicted molar refractivity (Wildman–Crippen MR) is 143 cm³/mol. The van der Waals surface area contributed by atoms with E-state index in [0.717, 1.165) is 94.4 Å². The summed E-state index contributed by atoms with van der Waals surface area (Å²) in [6.45, 7) is 11.6. The molecule has 35 heavy (non-hydrogen) atoms. The van der Waals surface area contributed by atoms with Crippen molar-refractivity contribution in [2.75, 3.05) is 62.3 Å². The van der Waals surface area contributed by atoms with Crippen LogP contribution in [0.3, 0.4) is 0 Å². The van der Waals surface area contributed by atoms with E-state index < -0.39 is 0 Å². The van der Waals surface area contributed by atoms with Crippen molar-refractivity contribution in [1.82, 2.24) is 19.6 Å². The number of thioether (sulfide) groups is 1. The van der Waals surface area contributed by atoms with Gasteiger partial charge >= 0.3 is 0 Å². The third kappa shape index (κ3) is 5.19. The molecule has 0 unspecified atom stereocenters. The molecule has 0 bridgehead atoms. The molecule has 0 N–H and O–H groups in total. The maximum atomic E-state index is 13.5. The summed E-state index contributed by atoms with van der Waals surface area (Å²) in [5, 5.41) is 4.89. The Morgan fingerprint density at radius 1 is 1.09 bits per heavy atom. The van der Waals surface area contributed by atoms with Crippen LogP contribution in [0.25, 0.3) is 0 Å². The topological polar surface area (TPSA) is 53.8 Å². The Morgan fingerprint density at radius 2 is 1.86 bits per heavy atom. The number of carbonyl (C=O) groups is 1. The molecule has 2 aromatic rings. The van der Waals surface area contributed by atoms with Crippen molar-refractivity contribution in [3.8, 4) is 5.75 Å². The number of para-hydroxylation sites is 2. The highest BCUT2D eigenvalue weighted by molar-refractivity contribution is 7.99. The minimum absolute atomic E-state index is 0.148. The Bertz CT molecular complexity index is 1010. The summed E-state index contributed by atoms with van der Waals surface area (Å²) in [5.74, 6) is 3.19. The van der Waals surface area contributed by atoms with Crippen LogP contribution >= 0.6 is 11.8 Å². The predicted octanol–water partition coefficient (Wildman–Crippen LogP) is 3.56. The van der Waals surface area contributed by atoms with E-state index in [1.54, 1.807) is 0 Å². The van der Waals surface area contributed by atoms with Crippen LogP contribution < -0.4 is 9.64 Å². The monoisotopic (exact) mass is 497 g/mol. The molecule has 190 valence electrons. The van der Waals surface area contributed by atoms with Crippen LogP contribution in [0.4, 0.5) is 5.69 Å². The van der Waals surface area contributed by atoms with Crippen molar-refractivity contribution < 1.29 is 9.53 Å². The van der Waals surface area contributed by atoms with E-state index in [0.29, 0.717) is 12.6 Å². The molecule has 5 rings (SSSR count). The number of piperazine rings is 1. The number of fused-ring (bicyclic) bond motifs is 1. The van der Waals surface area contributed by atoms with Crippen molar-refractivity contribution in [3.63, 3.8) is 0 Å². The first-order valence-corrected chi connectivity index (χ1v) is 14.5. The summed E-state index contributed by atoms with van der Waals surface area (Å²) in [7, 11) is 0. The Balaban J connectivity index is 1.29. The van der Waals surface area contributed by atoms with Gasteiger partial charge in [0.1, 0.15) is 5.75 Å². The molecule has 1 amide bonds. The second-order valence-corrected chi connectivity index (χ2v) is 10.9. The molecule has 1 aromatic heterocycles. The highest BCUT2D eigenvalue weighted by Crippen LogP contribution is 2.32. The number of carbonyl (C=O) groups excluding carboxylic acids is 1. The first kappa shape index (κ1) is 24.5. The zero-order valence-corrected chi connectivity index (χ0v) is 22.1. The van der Waals surface area contributed by atoms with Crippen LogP contribution in [0.5, 0.6) is 5.75 Å². The van der Waals surface area contributed by atoms with Crippen LogP contribution in [0.1, 0.15) is 48.4 Å². The van der Waals surface area contributed by atoms with Gasteiger partial charge in [0.25, 0.3) is 5.91 Å². The molecule has 1 aromatic carbocycles. The van der Waals surface area contributed by atoms with Crippen LogP contribution in [-0.2, 0) is 19.4 Å². The summed E-state index contributed by atoms with van der Waals surface area (Å²) in [4.78, 5) is 20.6. The van der Waals surface area contributed by atoms with Gasteiger partial charge in [0.2, 0.25) is 0 Å². The second-order valence-electron chi connectivity index (χ2n) is 9.72. The van der Waals surface area contributed by atoms with E-state index in [1.165, 1.54) is 16.9 Å². The molecule has 3 heterocycles. The van der Waals surface area contributed by atoms with E-state index in [4.69, 9.17) is 9.84 Å². The normalized spacial score (nSPS) is 21.1. The molecule has 1 atom stereocenters. The number of benzene rings is 1. The maximum absolute atomic E-state index is 13.5. The number of anilines is 1. The van der Waals surface area contributed by atoms with Crippen molar-refractivity contribution in [3.05, 3.63) is 41.2 Å². The van der Waals surface area contributed by atoms with E-state index >= 15 is 0 Å². The average molecular weight is 498 g/mol. The molecule has 7 nitrogen and oxygen atoms in total. The number of aromatic nitrogens is 2. The number of hydrogen-bond donors (Lipinski definition) is 0. The fraction of sp³-hybridized carbons (Fsp3) is 0.630. The Hall–Kier alpha value is -2.19. The average Bonchev–Trinajstić information content (AvgIpc) is 3.27. The van der Waals surface area contributed by atoms with Crippen LogP contribution in [0.15, 0.2) is 24.3 Å². The minimum atomic E-state index is 0.148. The molecule has 2 saturated heterocycles. The van der Waals surface area contributed by atoms with Gasteiger partial charge in [0.05, 0.1) is 12.3 Å². The van der Waals surface area contributed by atoms with Crippen LogP contribution in [0.2, 0.25) is 0 Å². The van der Waals surface area contributed by atoms with E-state index in [-0.39, 0.29) is 5.91 Å². The Labute approximate surface area is 213 Å². The molecule has 2 fully saturated rings. The smallest absolute Gasteiger partial charge is 0.274 e. The maximum Gasteiger partial charge on any atom is 0.274 e. The van der Waals surface area contributed by atoms with E-state index in [9.17, 15) is 4.79 Å². The largest absolute Gasteiger partial charge is 0.492 e. The Morgan fingerprint density at radius 3 is 2.60 bits per heavy atom. The van der Waals surface area contributed by atoms with E-state index in [2.05, 4.69) is 39.6 Å². The van der Waals surface area contributed by atoms with Crippen LogP contribution in [-0.4, -0.2) is 88.9 Å². The van der Waals surface area contributed by atoms with Gasteiger partial charge in [-0.2, -0.15) is 16.9 Å². The molecule has 3 aliphatic rings. The quantitative estimate of drug-likeness (QED) is 0.583. The van der Waals surface area contributed by atoms with Gasteiger partial charge in [0.15, 0.2) is 5.69 Å². The van der Waals surface area contributed by atoms with Crippen molar-refractivity contribution in [2.24, 2.45) is 0 Å². The van der Waals surface area contributed by atoms with Gasteiger partial charge in [-0.25, -0.2) is 0 Å². The second kappa shape index (κ2) is 11.2. The molecule has 0 radical (unpaired) electrons. The highest BCUT2D eigenvalue weighted by Gasteiger charge is 2.34. The minimum Gasteiger partial charge on any atom is -0.492 e. The summed E-state index contributed by atoms with van der Waals surface area (Å²) in [6, 6.07) is 8.87. The molecular weight excluding hydrogens is 458 g/mol. The molecule has 0 spiro atoms. The standard InChI is InChI=1S/C27H39N5O2S/c1-3-11-32-23-10-9-21(20-22(23)26(28-32)27(33)31-16-18-35-19-17-31)29-12-14-30(15-13-29)24-7-5-6-8-25(24)34-4-2/h5-8,21H,3-4,9-20H2,1-2H3/t21-/m0/s1. The number of hydrogen-bond acceptors (Lipinski definition) is 6. The van der Waals surface area contributed by atoms with Crippen molar-refractivity contribution in [2.45, 2.75) is 52.1 Å². The third-order valence-electron chi connectivity index (χ3n) is 7.59. The summed E-state index contributed by atoms with van der Waals surface area (Å²) >= 11 is 1.94. The lowest BCUT2D eigenvalue weighted by Gasteiger charge is -2.42. The number of aryl methyl sites for hydroxylation is 1. The number of nitrogens with zero attached hydrogens (tertiary/aromatic N) is 5. The van der Waals surface area contributed by atoms with Crippen LogP contribution in [0, 0.1) is 0 Å². The van der Waals surface area contributed by atoms with Gasteiger partial charge in [0, 0.05) is 74.6 Å². The summed E-state index contributed by atoms with van der Waals surface area (Å²) in [5.41, 5.74) is 4.46. The lowest BCUT2D eigenvalue weighted by molar-refractivity contribution is 0.0763. The van der Waals surface area contributed by atoms with Gasteiger partial charge in [-0.1, -0.05) is 19.1 Å². The molecule has 8 heteroatoms. The van der Waals surface area contributed by atoms with Gasteiger partial charge in [-0.05, 0) is 44.7 Å². The number of amides is 1. The van der Waals surface area contributed by atoms with Gasteiger partial charge in [-0.15, -0.1) is 0 Å². The third-order valence-corrected chi connectivity index (χ3v) is 8.54. The number of rotatable bonds is 7.